The summed E-state index contributed by atoms with van der Waals surface area (Å²) >= 11 is 0. The van der Waals surface area contributed by atoms with Crippen molar-refractivity contribution < 1.29 is 22.7 Å². The number of nitrogens with one attached hydrogen (secondary N) is 2. The Bertz CT molecular complexity index is 958. The van der Waals surface area contributed by atoms with Crippen LogP contribution in [0.5, 0.6) is 5.75 Å². The Labute approximate surface area is 170 Å². The van der Waals surface area contributed by atoms with Crippen molar-refractivity contribution in [3.63, 3.8) is 0 Å². The van der Waals surface area contributed by atoms with Crippen LogP contribution in [0, 0.1) is 0 Å². The van der Waals surface area contributed by atoms with Gasteiger partial charge in [0.1, 0.15) is 12.3 Å². The third-order valence-electron chi connectivity index (χ3n) is 3.75. The lowest BCUT2D eigenvalue weighted by Crippen LogP contribution is -2.37. The van der Waals surface area contributed by atoms with Gasteiger partial charge in [-0.05, 0) is 48.9 Å². The molecule has 0 saturated carbocycles. The van der Waals surface area contributed by atoms with Crippen LogP contribution in [-0.4, -0.2) is 39.6 Å². The molecule has 0 aliphatic rings. The van der Waals surface area contributed by atoms with Crippen molar-refractivity contribution >= 4 is 38.9 Å². The molecule has 0 fully saturated rings. The maximum absolute atomic E-state index is 12.5. The quantitative estimate of drug-likeness (QED) is 0.650. The molecule has 0 aromatic heterocycles. The molecule has 2 N–H and O–H groups in total. The van der Waals surface area contributed by atoms with Gasteiger partial charge in [-0.25, -0.2) is 8.42 Å². The maximum atomic E-state index is 12.5. The van der Waals surface area contributed by atoms with Crippen molar-refractivity contribution in [3.05, 3.63) is 48.5 Å². The van der Waals surface area contributed by atoms with Crippen molar-refractivity contribution in [3.8, 4) is 5.75 Å². The van der Waals surface area contributed by atoms with Gasteiger partial charge in [0.15, 0.2) is 0 Å². The largest absolute Gasteiger partial charge is 0.494 e. The van der Waals surface area contributed by atoms with Crippen LogP contribution in [0.25, 0.3) is 0 Å². The zero-order chi connectivity index (χ0) is 21.4. The summed E-state index contributed by atoms with van der Waals surface area (Å²) in [5.74, 6) is -0.118. The number of ether oxygens (including phenoxy) is 1. The van der Waals surface area contributed by atoms with E-state index in [2.05, 4.69) is 10.6 Å². The zero-order valence-corrected chi connectivity index (χ0v) is 17.5. The summed E-state index contributed by atoms with van der Waals surface area (Å²) in [6, 6.07) is 13.1. The number of carbonyl (C=O) groups excluding carboxylic acids is 2. The Morgan fingerprint density at radius 2 is 1.66 bits per heavy atom. The summed E-state index contributed by atoms with van der Waals surface area (Å²) in [4.78, 5) is 23.6. The van der Waals surface area contributed by atoms with Gasteiger partial charge in [-0.3, -0.25) is 13.9 Å². The van der Waals surface area contributed by atoms with Gasteiger partial charge >= 0.3 is 0 Å². The van der Waals surface area contributed by atoms with Gasteiger partial charge < -0.3 is 15.4 Å². The van der Waals surface area contributed by atoms with E-state index in [1.807, 2.05) is 6.92 Å². The topological polar surface area (TPSA) is 105 Å². The molecule has 0 bridgehead atoms. The average Bonchev–Trinajstić information content (AvgIpc) is 2.64. The van der Waals surface area contributed by atoms with Gasteiger partial charge in [-0.2, -0.15) is 0 Å². The van der Waals surface area contributed by atoms with Crippen LogP contribution in [0.4, 0.5) is 17.1 Å². The highest BCUT2D eigenvalue weighted by atomic mass is 32.2. The van der Waals surface area contributed by atoms with Gasteiger partial charge in [0.05, 0.1) is 18.6 Å². The van der Waals surface area contributed by atoms with Gasteiger partial charge in [0, 0.05) is 18.3 Å². The molecular weight excluding hydrogens is 394 g/mol. The molecule has 29 heavy (non-hydrogen) atoms. The maximum Gasteiger partial charge on any atom is 0.245 e. The number of hydrogen-bond acceptors (Lipinski definition) is 5. The fourth-order valence-electron chi connectivity index (χ4n) is 2.54. The third-order valence-corrected chi connectivity index (χ3v) is 4.89. The van der Waals surface area contributed by atoms with E-state index in [1.165, 1.54) is 6.92 Å². The van der Waals surface area contributed by atoms with Crippen LogP contribution in [0.3, 0.4) is 0 Å². The summed E-state index contributed by atoms with van der Waals surface area (Å²) in [7, 11) is -3.68. The molecule has 8 nitrogen and oxygen atoms in total. The molecule has 2 amide bonds. The number of nitrogens with zero attached hydrogens (tertiary/aromatic N) is 1. The fourth-order valence-corrected chi connectivity index (χ4v) is 3.39. The van der Waals surface area contributed by atoms with E-state index in [-0.39, 0.29) is 5.91 Å². The van der Waals surface area contributed by atoms with E-state index in [1.54, 1.807) is 48.5 Å². The first-order valence-electron chi connectivity index (χ1n) is 9.07. The molecule has 0 unspecified atom stereocenters. The molecule has 0 radical (unpaired) electrons. The highest BCUT2D eigenvalue weighted by Crippen LogP contribution is 2.22. The minimum atomic E-state index is -3.68. The monoisotopic (exact) mass is 419 g/mol. The standard InChI is InChI=1S/C20H25N3O5S/c1-4-12-28-19-10-8-18(9-11-19)23(29(3,26)27)14-20(25)22-17-7-5-6-16(13-17)21-15(2)24/h5-11,13H,4,12,14H2,1-3H3,(H,21,24)(H,22,25). The minimum absolute atomic E-state index is 0.233. The van der Waals surface area contributed by atoms with Crippen molar-refractivity contribution in [2.45, 2.75) is 20.3 Å². The van der Waals surface area contributed by atoms with E-state index in [0.29, 0.717) is 29.4 Å². The van der Waals surface area contributed by atoms with Gasteiger partial charge in [-0.1, -0.05) is 13.0 Å². The highest BCUT2D eigenvalue weighted by Gasteiger charge is 2.21. The van der Waals surface area contributed by atoms with Crippen molar-refractivity contribution in [1.29, 1.82) is 0 Å². The molecule has 0 aliphatic heterocycles. The molecule has 156 valence electrons. The Balaban J connectivity index is 2.12. The van der Waals surface area contributed by atoms with Crippen LogP contribution in [-0.2, 0) is 19.6 Å². The van der Waals surface area contributed by atoms with Gasteiger partial charge in [-0.15, -0.1) is 0 Å². The first kappa shape index (κ1) is 22.2. The summed E-state index contributed by atoms with van der Waals surface area (Å²) in [5.41, 5.74) is 1.33. The minimum Gasteiger partial charge on any atom is -0.494 e. The molecule has 0 saturated heterocycles. The number of sulfonamides is 1. The second-order valence-corrected chi connectivity index (χ2v) is 8.33. The van der Waals surface area contributed by atoms with Crippen molar-refractivity contribution in [2.75, 3.05) is 34.3 Å². The van der Waals surface area contributed by atoms with Crippen LogP contribution < -0.4 is 19.7 Å². The first-order valence-corrected chi connectivity index (χ1v) is 10.9. The molecule has 2 aromatic carbocycles. The van der Waals surface area contributed by atoms with E-state index >= 15 is 0 Å². The van der Waals surface area contributed by atoms with E-state index in [9.17, 15) is 18.0 Å². The summed E-state index contributed by atoms with van der Waals surface area (Å²) < 4.78 is 31.0. The Hall–Kier alpha value is -3.07. The second-order valence-electron chi connectivity index (χ2n) is 6.42. The predicted octanol–water partition coefficient (Wildman–Crippen LogP) is 2.84. The molecule has 9 heteroatoms. The Kier molecular flexibility index (Phi) is 7.60. The third kappa shape index (κ3) is 7.11. The van der Waals surface area contributed by atoms with E-state index < -0.39 is 22.5 Å². The Morgan fingerprint density at radius 3 is 2.21 bits per heavy atom. The van der Waals surface area contributed by atoms with E-state index in [0.717, 1.165) is 17.0 Å². The number of amides is 2. The number of hydrogen-bond donors (Lipinski definition) is 2. The average molecular weight is 420 g/mol. The number of rotatable bonds is 9. The first-order chi connectivity index (χ1) is 13.7. The Morgan fingerprint density at radius 1 is 1.03 bits per heavy atom. The van der Waals surface area contributed by atoms with Crippen LogP contribution in [0.15, 0.2) is 48.5 Å². The molecule has 0 atom stereocenters. The molecule has 0 aliphatic carbocycles. The normalized spacial score (nSPS) is 10.9. The molecule has 2 rings (SSSR count). The second kappa shape index (κ2) is 9.92. The molecular formula is C20H25N3O5S. The predicted molar refractivity (Wildman–Crippen MR) is 114 cm³/mol. The molecule has 0 heterocycles. The fraction of sp³-hybridized carbons (Fsp3) is 0.300. The van der Waals surface area contributed by atoms with Gasteiger partial charge in [0.25, 0.3) is 0 Å². The summed E-state index contributed by atoms with van der Waals surface area (Å²) in [6.07, 6.45) is 1.90. The lowest BCUT2D eigenvalue weighted by atomic mass is 10.2. The number of benzene rings is 2. The SMILES string of the molecule is CCCOc1ccc(N(CC(=O)Nc2cccc(NC(C)=O)c2)S(C)(=O)=O)cc1. The van der Waals surface area contributed by atoms with Crippen molar-refractivity contribution in [1.82, 2.24) is 0 Å². The van der Waals surface area contributed by atoms with Crippen LogP contribution >= 0.6 is 0 Å². The van der Waals surface area contributed by atoms with E-state index in [4.69, 9.17) is 4.74 Å². The number of carbonyl (C=O) groups is 2. The highest BCUT2D eigenvalue weighted by molar-refractivity contribution is 7.92. The molecule has 0 spiro atoms. The number of anilines is 3. The smallest absolute Gasteiger partial charge is 0.245 e. The van der Waals surface area contributed by atoms with Crippen LogP contribution in [0.1, 0.15) is 20.3 Å². The lowest BCUT2D eigenvalue weighted by molar-refractivity contribution is -0.115. The van der Waals surface area contributed by atoms with Gasteiger partial charge in [0.2, 0.25) is 21.8 Å². The van der Waals surface area contributed by atoms with Crippen molar-refractivity contribution in [2.24, 2.45) is 0 Å². The zero-order valence-electron chi connectivity index (χ0n) is 16.6. The summed E-state index contributed by atoms with van der Waals surface area (Å²) in [5, 5.41) is 5.27. The van der Waals surface area contributed by atoms with Crippen LogP contribution in [0.2, 0.25) is 0 Å². The lowest BCUT2D eigenvalue weighted by Gasteiger charge is -2.22. The molecule has 2 aromatic rings. The summed E-state index contributed by atoms with van der Waals surface area (Å²) in [6.45, 7) is 3.55.